The summed E-state index contributed by atoms with van der Waals surface area (Å²) in [5.74, 6) is 4.84. The summed E-state index contributed by atoms with van der Waals surface area (Å²) in [6.45, 7) is 2.96. The Labute approximate surface area is 191 Å². The van der Waals surface area contributed by atoms with Crippen LogP contribution in [0, 0.1) is 5.92 Å². The maximum absolute atomic E-state index is 12.5. The molecule has 3 heterocycles. The zero-order valence-electron chi connectivity index (χ0n) is 18.2. The number of ether oxygens (including phenoxy) is 1. The van der Waals surface area contributed by atoms with Gasteiger partial charge in [-0.05, 0) is 62.3 Å². The van der Waals surface area contributed by atoms with Crippen LogP contribution in [0.3, 0.4) is 0 Å². The van der Waals surface area contributed by atoms with E-state index in [0.29, 0.717) is 24.8 Å². The molecule has 170 valence electrons. The topological polar surface area (TPSA) is 93.6 Å². The minimum absolute atomic E-state index is 0.0684. The predicted molar refractivity (Wildman–Crippen MR) is 122 cm³/mol. The fraction of sp³-hybridized carbons (Fsp3) is 0.435. The molecule has 0 saturated carbocycles. The molecule has 3 aromatic rings. The Morgan fingerprint density at radius 3 is 2.78 bits per heavy atom. The van der Waals surface area contributed by atoms with E-state index in [1.54, 1.807) is 25.1 Å². The number of carbonyl (C=O) groups is 1. The Balaban J connectivity index is 1.15. The first-order valence-corrected chi connectivity index (χ1v) is 11.9. The summed E-state index contributed by atoms with van der Waals surface area (Å²) in [6.07, 6.45) is 3.36. The number of hydrogen-bond acceptors (Lipinski definition) is 8. The molecule has 32 heavy (non-hydrogen) atoms. The highest BCUT2D eigenvalue weighted by Gasteiger charge is 2.25. The first-order valence-electron chi connectivity index (χ1n) is 10.8. The van der Waals surface area contributed by atoms with Crippen molar-refractivity contribution >= 4 is 17.7 Å². The molecule has 1 saturated heterocycles. The van der Waals surface area contributed by atoms with Crippen molar-refractivity contribution in [3.63, 3.8) is 0 Å². The highest BCUT2D eigenvalue weighted by molar-refractivity contribution is 7.98. The van der Waals surface area contributed by atoms with Gasteiger partial charge in [0.1, 0.15) is 11.5 Å². The van der Waals surface area contributed by atoms with Gasteiger partial charge in [-0.2, -0.15) is 16.7 Å². The molecule has 2 aromatic heterocycles. The van der Waals surface area contributed by atoms with E-state index < -0.39 is 0 Å². The molecular weight excluding hydrogens is 428 g/mol. The summed E-state index contributed by atoms with van der Waals surface area (Å²) >= 11 is 1.76. The number of carbonyl (C=O) groups excluding carboxylic acids is 1. The molecule has 1 amide bonds. The Kier molecular flexibility index (Phi) is 7.84. The average Bonchev–Trinajstić information content (AvgIpc) is 3.52. The molecule has 0 unspecified atom stereocenters. The van der Waals surface area contributed by atoms with Crippen molar-refractivity contribution < 1.29 is 18.5 Å². The Morgan fingerprint density at radius 1 is 1.25 bits per heavy atom. The van der Waals surface area contributed by atoms with Crippen LogP contribution in [0.25, 0.3) is 11.4 Å². The van der Waals surface area contributed by atoms with Crippen molar-refractivity contribution in [1.82, 2.24) is 20.4 Å². The van der Waals surface area contributed by atoms with E-state index in [2.05, 4.69) is 20.4 Å². The lowest BCUT2D eigenvalue weighted by Gasteiger charge is -2.30. The molecule has 0 bridgehead atoms. The first-order chi connectivity index (χ1) is 15.7. The third-order valence-electron chi connectivity index (χ3n) is 5.50. The highest BCUT2D eigenvalue weighted by atomic mass is 32.2. The van der Waals surface area contributed by atoms with Crippen LogP contribution in [0.5, 0.6) is 5.75 Å². The zero-order chi connectivity index (χ0) is 22.2. The van der Waals surface area contributed by atoms with E-state index in [4.69, 9.17) is 13.7 Å². The number of hydrogen-bond donors (Lipinski definition) is 1. The van der Waals surface area contributed by atoms with E-state index >= 15 is 0 Å². The molecule has 1 fully saturated rings. The Bertz CT molecular complexity index is 966. The first kappa shape index (κ1) is 22.4. The molecule has 4 rings (SSSR count). The van der Waals surface area contributed by atoms with Crippen molar-refractivity contribution in [3.8, 4) is 17.1 Å². The largest absolute Gasteiger partial charge is 0.497 e. The quantitative estimate of drug-likeness (QED) is 0.463. The van der Waals surface area contributed by atoms with Gasteiger partial charge in [-0.25, -0.2) is 0 Å². The number of nitrogens with one attached hydrogen (secondary N) is 1. The number of nitrogens with zero attached hydrogens (tertiary/aromatic N) is 3. The zero-order valence-corrected chi connectivity index (χ0v) is 19.0. The number of amides is 1. The number of furan rings is 1. The second-order valence-electron chi connectivity index (χ2n) is 7.71. The molecule has 1 aromatic carbocycles. The van der Waals surface area contributed by atoms with Gasteiger partial charge in [0, 0.05) is 23.8 Å². The average molecular weight is 457 g/mol. The van der Waals surface area contributed by atoms with Crippen molar-refractivity contribution in [2.75, 3.05) is 32.5 Å². The van der Waals surface area contributed by atoms with Crippen LogP contribution in [0.15, 0.2) is 51.6 Å². The summed E-state index contributed by atoms with van der Waals surface area (Å²) in [7, 11) is 1.64. The summed E-state index contributed by atoms with van der Waals surface area (Å²) in [5.41, 5.74) is 0.888. The number of likely N-dealkylation sites (tertiary alicyclic amines) is 1. The molecule has 0 atom stereocenters. The summed E-state index contributed by atoms with van der Waals surface area (Å²) in [6, 6.07) is 11.4. The SMILES string of the molecule is COc1ccc(-c2noc(CN3CCC(C(=O)NCCSCc4ccco4)CC3)n2)cc1. The van der Waals surface area contributed by atoms with Gasteiger partial charge in [0.05, 0.1) is 25.7 Å². The second kappa shape index (κ2) is 11.2. The fourth-order valence-electron chi connectivity index (χ4n) is 3.68. The predicted octanol–water partition coefficient (Wildman–Crippen LogP) is 3.60. The second-order valence-corrected chi connectivity index (χ2v) is 8.82. The maximum Gasteiger partial charge on any atom is 0.241 e. The van der Waals surface area contributed by atoms with Crippen molar-refractivity contribution in [2.45, 2.75) is 25.1 Å². The monoisotopic (exact) mass is 456 g/mol. The number of benzene rings is 1. The molecule has 0 radical (unpaired) electrons. The number of aromatic nitrogens is 2. The third-order valence-corrected chi connectivity index (χ3v) is 6.49. The van der Waals surface area contributed by atoms with Gasteiger partial charge < -0.3 is 19.0 Å². The number of thioether (sulfide) groups is 1. The maximum atomic E-state index is 12.5. The van der Waals surface area contributed by atoms with Crippen LogP contribution in [-0.4, -0.2) is 53.4 Å². The van der Waals surface area contributed by atoms with Crippen LogP contribution in [0.4, 0.5) is 0 Å². The van der Waals surface area contributed by atoms with Gasteiger partial charge in [-0.15, -0.1) is 0 Å². The Morgan fingerprint density at radius 2 is 2.06 bits per heavy atom. The molecule has 0 aliphatic carbocycles. The van der Waals surface area contributed by atoms with E-state index in [0.717, 1.165) is 54.5 Å². The normalized spacial score (nSPS) is 15.0. The van der Waals surface area contributed by atoms with Crippen LogP contribution in [0.1, 0.15) is 24.5 Å². The molecule has 1 N–H and O–H groups in total. The van der Waals surface area contributed by atoms with Gasteiger partial charge in [0.15, 0.2) is 0 Å². The minimum Gasteiger partial charge on any atom is -0.497 e. The van der Waals surface area contributed by atoms with E-state index in [1.165, 1.54) is 0 Å². The third kappa shape index (κ3) is 6.14. The van der Waals surface area contributed by atoms with Crippen molar-refractivity contribution in [2.24, 2.45) is 5.92 Å². The van der Waals surface area contributed by atoms with E-state index in [1.807, 2.05) is 36.4 Å². The smallest absolute Gasteiger partial charge is 0.241 e. The van der Waals surface area contributed by atoms with E-state index in [-0.39, 0.29) is 11.8 Å². The Hall–Kier alpha value is -2.78. The van der Waals surface area contributed by atoms with Crippen molar-refractivity contribution in [3.05, 3.63) is 54.3 Å². The number of piperidine rings is 1. The molecule has 9 heteroatoms. The van der Waals surface area contributed by atoms with Gasteiger partial charge in [-0.3, -0.25) is 9.69 Å². The number of methoxy groups -OCH3 is 1. The summed E-state index contributed by atoms with van der Waals surface area (Å²) in [4.78, 5) is 19.2. The van der Waals surface area contributed by atoms with Crippen LogP contribution >= 0.6 is 11.8 Å². The van der Waals surface area contributed by atoms with Gasteiger partial charge in [0.2, 0.25) is 17.6 Å². The van der Waals surface area contributed by atoms with Crippen LogP contribution in [0.2, 0.25) is 0 Å². The molecule has 0 spiro atoms. The van der Waals surface area contributed by atoms with Crippen LogP contribution < -0.4 is 10.1 Å². The lowest BCUT2D eigenvalue weighted by atomic mass is 9.96. The minimum atomic E-state index is 0.0684. The fourth-order valence-corrected chi connectivity index (χ4v) is 4.44. The molecule has 1 aliphatic rings. The van der Waals surface area contributed by atoms with Crippen molar-refractivity contribution in [1.29, 1.82) is 0 Å². The summed E-state index contributed by atoms with van der Waals surface area (Å²) in [5, 5.41) is 7.16. The molecule has 8 nitrogen and oxygen atoms in total. The van der Waals surface area contributed by atoms with Gasteiger partial charge in [-0.1, -0.05) is 5.16 Å². The van der Waals surface area contributed by atoms with Gasteiger partial charge in [0.25, 0.3) is 0 Å². The molecule has 1 aliphatic heterocycles. The molecular formula is C23H28N4O4S. The number of rotatable bonds is 10. The van der Waals surface area contributed by atoms with Crippen LogP contribution in [-0.2, 0) is 17.1 Å². The standard InChI is InChI=1S/C23H28N4O4S/c1-29-19-6-4-17(5-7-19)22-25-21(31-26-22)15-27-11-8-18(9-12-27)23(28)24-10-14-32-16-20-3-2-13-30-20/h2-7,13,18H,8-12,14-16H2,1H3,(H,24,28). The lowest BCUT2D eigenvalue weighted by Crippen LogP contribution is -2.40. The van der Waals surface area contributed by atoms with E-state index in [9.17, 15) is 4.79 Å². The van der Waals surface area contributed by atoms with Gasteiger partial charge >= 0.3 is 0 Å². The summed E-state index contributed by atoms with van der Waals surface area (Å²) < 4.78 is 15.9. The highest BCUT2D eigenvalue weighted by Crippen LogP contribution is 2.22. The lowest BCUT2D eigenvalue weighted by molar-refractivity contribution is -0.126.